The second-order valence-corrected chi connectivity index (χ2v) is 4.18. The summed E-state index contributed by atoms with van der Waals surface area (Å²) < 4.78 is 0. The molecule has 1 unspecified atom stereocenters. The fraction of sp³-hybridized carbons (Fsp3) is 0.357. The van der Waals surface area contributed by atoms with Crippen LogP contribution in [0.1, 0.15) is 37.2 Å². The van der Waals surface area contributed by atoms with Gasteiger partial charge >= 0.3 is 0 Å². The Kier molecular flexibility index (Phi) is 3.00. The summed E-state index contributed by atoms with van der Waals surface area (Å²) in [5, 5.41) is 0. The van der Waals surface area contributed by atoms with Crippen molar-refractivity contribution in [3.8, 4) is 0 Å². The largest absolute Gasteiger partial charge is 0.299 e. The Morgan fingerprint density at radius 2 is 1.73 bits per heavy atom. The highest BCUT2D eigenvalue weighted by atomic mass is 16.1. The minimum absolute atomic E-state index is 0.0475. The van der Waals surface area contributed by atoms with Crippen molar-refractivity contribution in [3.63, 3.8) is 0 Å². The predicted molar refractivity (Wildman–Crippen MR) is 61.8 cm³/mol. The zero-order valence-electron chi connectivity index (χ0n) is 8.91. The zero-order chi connectivity index (χ0) is 10.7. The highest BCUT2D eigenvalue weighted by molar-refractivity contribution is 5.89. The molecule has 0 N–H and O–H groups in total. The molecule has 0 saturated heterocycles. The van der Waals surface area contributed by atoms with Gasteiger partial charge in [0.1, 0.15) is 5.78 Å². The third kappa shape index (κ3) is 2.17. The van der Waals surface area contributed by atoms with Crippen molar-refractivity contribution < 1.29 is 4.79 Å². The van der Waals surface area contributed by atoms with E-state index in [1.165, 1.54) is 0 Å². The highest BCUT2D eigenvalue weighted by Crippen LogP contribution is 2.32. The lowest BCUT2D eigenvalue weighted by atomic mass is 9.87. The summed E-state index contributed by atoms with van der Waals surface area (Å²) in [4.78, 5) is 12.0. The molecule has 1 aromatic carbocycles. The molecule has 1 atom stereocenters. The van der Waals surface area contributed by atoms with Gasteiger partial charge in [-0.15, -0.1) is 0 Å². The number of Topliss-reactive ketones (excluding diaryl/α,β-unsaturated/α-hetero) is 1. The normalized spacial score (nSPS) is 22.5. The van der Waals surface area contributed by atoms with Crippen molar-refractivity contribution in [1.82, 2.24) is 0 Å². The van der Waals surface area contributed by atoms with Crippen LogP contribution in [0.2, 0.25) is 0 Å². The molecule has 1 heteroatoms. The number of carbonyl (C=O) groups is 1. The first-order chi connectivity index (χ1) is 7.29. The lowest BCUT2D eigenvalue weighted by Crippen LogP contribution is -2.12. The van der Waals surface area contributed by atoms with Crippen molar-refractivity contribution in [1.29, 1.82) is 0 Å². The van der Waals surface area contributed by atoms with Gasteiger partial charge in [-0.1, -0.05) is 42.5 Å². The first-order valence-corrected chi connectivity index (χ1v) is 5.54. The van der Waals surface area contributed by atoms with Crippen molar-refractivity contribution in [2.45, 2.75) is 31.6 Å². The lowest BCUT2D eigenvalue weighted by Gasteiger charge is -2.15. The molecule has 0 bridgehead atoms. The number of allylic oxidation sites excluding steroid dienone is 1. The maximum Gasteiger partial charge on any atom is 0.144 e. The summed E-state index contributed by atoms with van der Waals surface area (Å²) in [6.07, 6.45) is 3.82. The number of hydrogen-bond donors (Lipinski definition) is 0. The van der Waals surface area contributed by atoms with Crippen LogP contribution in [0.3, 0.4) is 0 Å². The maximum absolute atomic E-state index is 12.0. The number of ketones is 1. The maximum atomic E-state index is 12.0. The van der Waals surface area contributed by atoms with E-state index in [4.69, 9.17) is 0 Å². The molecule has 0 aromatic heterocycles. The quantitative estimate of drug-likeness (QED) is 0.501. The van der Waals surface area contributed by atoms with Crippen LogP contribution in [0, 0.1) is 0 Å². The Morgan fingerprint density at radius 1 is 1.07 bits per heavy atom. The number of carbonyl (C=O) groups excluding carboxylic acids is 1. The van der Waals surface area contributed by atoms with Crippen molar-refractivity contribution in [2.75, 3.05) is 0 Å². The third-order valence-electron chi connectivity index (χ3n) is 3.03. The van der Waals surface area contributed by atoms with Gasteiger partial charge in [0.15, 0.2) is 0 Å². The van der Waals surface area contributed by atoms with Crippen molar-refractivity contribution in [3.05, 3.63) is 48.0 Å². The summed E-state index contributed by atoms with van der Waals surface area (Å²) in [6, 6.07) is 10.0. The van der Waals surface area contributed by atoms with E-state index in [9.17, 15) is 4.79 Å². The molecular weight excluding hydrogens is 184 g/mol. The molecule has 78 valence electrons. The van der Waals surface area contributed by atoms with E-state index in [0.29, 0.717) is 12.2 Å². The van der Waals surface area contributed by atoms with E-state index in [1.807, 2.05) is 30.3 Å². The Balaban J connectivity index is 2.32. The van der Waals surface area contributed by atoms with Gasteiger partial charge < -0.3 is 0 Å². The van der Waals surface area contributed by atoms with Crippen LogP contribution < -0.4 is 0 Å². The minimum Gasteiger partial charge on any atom is -0.299 e. The van der Waals surface area contributed by atoms with Gasteiger partial charge in [0.25, 0.3) is 0 Å². The minimum atomic E-state index is -0.0475. The second kappa shape index (κ2) is 4.43. The summed E-state index contributed by atoms with van der Waals surface area (Å²) in [7, 11) is 0. The van der Waals surface area contributed by atoms with Crippen LogP contribution in [-0.4, -0.2) is 5.78 Å². The second-order valence-electron chi connectivity index (χ2n) is 4.18. The van der Waals surface area contributed by atoms with Gasteiger partial charge in [0, 0.05) is 6.42 Å². The van der Waals surface area contributed by atoms with Gasteiger partial charge in [-0.3, -0.25) is 4.79 Å². The fourth-order valence-electron chi connectivity index (χ4n) is 2.23. The molecular formula is C14H16O. The first-order valence-electron chi connectivity index (χ1n) is 5.54. The average molecular weight is 200 g/mol. The molecule has 1 saturated carbocycles. The van der Waals surface area contributed by atoms with Crippen molar-refractivity contribution in [2.24, 2.45) is 0 Å². The molecule has 0 heterocycles. The molecule has 1 nitrogen and oxygen atoms in total. The standard InChI is InChI=1S/C14H16O/c1-11-7-5-6-10-13(15)14(11)12-8-3-2-4-9-12/h2-4,8-9,14H,1,5-7,10H2. The van der Waals surface area contributed by atoms with Gasteiger partial charge in [0.2, 0.25) is 0 Å². The van der Waals surface area contributed by atoms with E-state index in [1.54, 1.807) is 0 Å². The highest BCUT2D eigenvalue weighted by Gasteiger charge is 2.24. The van der Waals surface area contributed by atoms with E-state index >= 15 is 0 Å². The molecule has 2 rings (SSSR count). The van der Waals surface area contributed by atoms with Crippen LogP contribution in [0.4, 0.5) is 0 Å². The average Bonchev–Trinajstić information content (AvgIpc) is 2.41. The van der Waals surface area contributed by atoms with Gasteiger partial charge in [-0.25, -0.2) is 0 Å². The molecule has 1 aromatic rings. The van der Waals surface area contributed by atoms with Crippen LogP contribution in [-0.2, 0) is 4.79 Å². The SMILES string of the molecule is C=C1CCCCC(=O)C1c1ccccc1. The van der Waals surface area contributed by atoms with Gasteiger partial charge in [0.05, 0.1) is 5.92 Å². The third-order valence-corrected chi connectivity index (χ3v) is 3.03. The van der Waals surface area contributed by atoms with Gasteiger partial charge in [-0.05, 0) is 24.8 Å². The summed E-state index contributed by atoms with van der Waals surface area (Å²) in [5.74, 6) is 0.289. The molecule has 0 radical (unpaired) electrons. The van der Waals surface area contributed by atoms with E-state index in [0.717, 1.165) is 30.4 Å². The monoisotopic (exact) mass is 200 g/mol. The van der Waals surface area contributed by atoms with E-state index < -0.39 is 0 Å². The van der Waals surface area contributed by atoms with Crippen LogP contribution in [0.25, 0.3) is 0 Å². The number of hydrogen-bond acceptors (Lipinski definition) is 1. The van der Waals surface area contributed by atoms with E-state index in [2.05, 4.69) is 6.58 Å². The smallest absolute Gasteiger partial charge is 0.144 e. The van der Waals surface area contributed by atoms with Crippen LogP contribution in [0.5, 0.6) is 0 Å². The molecule has 15 heavy (non-hydrogen) atoms. The molecule has 0 aliphatic heterocycles. The van der Waals surface area contributed by atoms with Gasteiger partial charge in [-0.2, -0.15) is 0 Å². The van der Waals surface area contributed by atoms with Crippen LogP contribution >= 0.6 is 0 Å². The van der Waals surface area contributed by atoms with E-state index in [-0.39, 0.29) is 5.92 Å². The van der Waals surface area contributed by atoms with Crippen LogP contribution in [0.15, 0.2) is 42.5 Å². The number of rotatable bonds is 1. The molecule has 1 aliphatic rings. The molecule has 1 aliphatic carbocycles. The Morgan fingerprint density at radius 3 is 2.47 bits per heavy atom. The summed E-state index contributed by atoms with van der Waals surface area (Å²) in [6.45, 7) is 4.06. The topological polar surface area (TPSA) is 17.1 Å². The Labute approximate surface area is 90.8 Å². The Hall–Kier alpha value is -1.37. The molecule has 0 amide bonds. The van der Waals surface area contributed by atoms with Crippen molar-refractivity contribution >= 4 is 5.78 Å². The molecule has 0 spiro atoms. The molecule has 1 fully saturated rings. The zero-order valence-corrected chi connectivity index (χ0v) is 8.91. The fourth-order valence-corrected chi connectivity index (χ4v) is 2.23. The number of benzene rings is 1. The summed E-state index contributed by atoms with van der Waals surface area (Å²) in [5.41, 5.74) is 2.19. The predicted octanol–water partition coefficient (Wildman–Crippen LogP) is 3.47. The summed E-state index contributed by atoms with van der Waals surface area (Å²) >= 11 is 0. The lowest BCUT2D eigenvalue weighted by molar-refractivity contribution is -0.119. The first kappa shape index (κ1) is 10.2. The Bertz CT molecular complexity index is 346.